The molecule has 0 saturated heterocycles. The lowest BCUT2D eigenvalue weighted by Gasteiger charge is -2.17. The number of benzene rings is 4. The predicted molar refractivity (Wildman–Crippen MR) is 145 cm³/mol. The minimum absolute atomic E-state index is 0.0758. The first kappa shape index (κ1) is 26.5. The highest BCUT2D eigenvalue weighted by Crippen LogP contribution is 2.34. The van der Waals surface area contributed by atoms with Crippen molar-refractivity contribution >= 4 is 0 Å². The van der Waals surface area contributed by atoms with E-state index in [1.165, 1.54) is 11.6 Å². The molecular formula is C33H33F3O. The van der Waals surface area contributed by atoms with Gasteiger partial charge in [-0.15, -0.1) is 0 Å². The fourth-order valence-corrected chi connectivity index (χ4v) is 4.77. The lowest BCUT2D eigenvalue weighted by Crippen LogP contribution is -2.04. The molecule has 4 aromatic rings. The average Bonchev–Trinajstić information content (AvgIpc) is 2.91. The highest BCUT2D eigenvalue weighted by molar-refractivity contribution is 5.65. The summed E-state index contributed by atoms with van der Waals surface area (Å²) in [4.78, 5) is 0. The van der Waals surface area contributed by atoms with Crippen molar-refractivity contribution < 1.29 is 17.9 Å². The molecule has 0 heterocycles. The summed E-state index contributed by atoms with van der Waals surface area (Å²) in [5.41, 5.74) is 5.69. The van der Waals surface area contributed by atoms with Gasteiger partial charge in [-0.2, -0.15) is 4.39 Å². The molecule has 1 nitrogen and oxygen atoms in total. The van der Waals surface area contributed by atoms with Crippen LogP contribution in [0.25, 0.3) is 11.1 Å². The van der Waals surface area contributed by atoms with Gasteiger partial charge in [0.2, 0.25) is 5.82 Å². The zero-order valence-corrected chi connectivity index (χ0v) is 21.8. The molecule has 4 heteroatoms. The second-order valence-corrected chi connectivity index (χ2v) is 9.51. The third kappa shape index (κ3) is 5.74. The molecule has 0 N–H and O–H groups in total. The van der Waals surface area contributed by atoms with Gasteiger partial charge in [-0.3, -0.25) is 0 Å². The van der Waals surface area contributed by atoms with Gasteiger partial charge in [0, 0.05) is 17.4 Å². The van der Waals surface area contributed by atoms with E-state index in [1.807, 2.05) is 43.3 Å². The van der Waals surface area contributed by atoms with E-state index < -0.39 is 11.6 Å². The summed E-state index contributed by atoms with van der Waals surface area (Å²) in [6.07, 6.45) is 2.17. The summed E-state index contributed by atoms with van der Waals surface area (Å²) in [5, 5.41) is 0. The van der Waals surface area contributed by atoms with Crippen LogP contribution < -0.4 is 4.74 Å². The zero-order chi connectivity index (χ0) is 26.5. The molecular weight excluding hydrogens is 469 g/mol. The van der Waals surface area contributed by atoms with Crippen molar-refractivity contribution in [1.82, 2.24) is 0 Å². The molecule has 2 unspecified atom stereocenters. The van der Waals surface area contributed by atoms with Crippen LogP contribution in [0.2, 0.25) is 0 Å². The molecule has 0 radical (unpaired) electrons. The first-order chi connectivity index (χ1) is 17.8. The van der Waals surface area contributed by atoms with Crippen molar-refractivity contribution in [3.8, 4) is 16.9 Å². The third-order valence-electron chi connectivity index (χ3n) is 7.08. The first-order valence-electron chi connectivity index (χ1n) is 12.9. The van der Waals surface area contributed by atoms with E-state index in [0.29, 0.717) is 5.56 Å². The maximum Gasteiger partial charge on any atom is 0.200 e. The molecule has 0 fully saturated rings. The Morgan fingerprint density at radius 1 is 0.676 bits per heavy atom. The first-order valence-corrected chi connectivity index (χ1v) is 12.9. The van der Waals surface area contributed by atoms with Crippen LogP contribution in [-0.2, 0) is 6.42 Å². The second kappa shape index (κ2) is 11.7. The summed E-state index contributed by atoms with van der Waals surface area (Å²) in [6, 6.07) is 24.3. The Balaban J connectivity index is 1.53. The lowest BCUT2D eigenvalue weighted by atomic mass is 9.89. The van der Waals surface area contributed by atoms with Gasteiger partial charge in [-0.05, 0) is 58.9 Å². The maximum absolute atomic E-state index is 15.2. The van der Waals surface area contributed by atoms with Crippen molar-refractivity contribution in [1.29, 1.82) is 0 Å². The van der Waals surface area contributed by atoms with Crippen LogP contribution >= 0.6 is 0 Å². The van der Waals surface area contributed by atoms with E-state index >= 15 is 4.39 Å². The Hall–Kier alpha value is -3.53. The molecule has 0 aromatic heterocycles. The Labute approximate surface area is 217 Å². The van der Waals surface area contributed by atoms with E-state index in [-0.39, 0.29) is 35.6 Å². The van der Waals surface area contributed by atoms with Crippen molar-refractivity contribution in [3.63, 3.8) is 0 Å². The van der Waals surface area contributed by atoms with Crippen LogP contribution in [0.5, 0.6) is 5.75 Å². The molecule has 0 spiro atoms. The van der Waals surface area contributed by atoms with Gasteiger partial charge in [0.15, 0.2) is 11.6 Å². The molecule has 37 heavy (non-hydrogen) atoms. The Bertz CT molecular complexity index is 1340. The van der Waals surface area contributed by atoms with Gasteiger partial charge >= 0.3 is 0 Å². The van der Waals surface area contributed by atoms with Gasteiger partial charge < -0.3 is 4.74 Å². The van der Waals surface area contributed by atoms with E-state index in [4.69, 9.17) is 4.74 Å². The fourth-order valence-electron chi connectivity index (χ4n) is 4.77. The molecule has 2 atom stereocenters. The van der Waals surface area contributed by atoms with Crippen LogP contribution in [0.3, 0.4) is 0 Å². The Morgan fingerprint density at radius 2 is 1.30 bits per heavy atom. The van der Waals surface area contributed by atoms with Gasteiger partial charge in [0.1, 0.15) is 5.82 Å². The monoisotopic (exact) mass is 502 g/mol. The zero-order valence-electron chi connectivity index (χ0n) is 21.8. The number of rotatable bonds is 9. The molecule has 0 aliphatic heterocycles. The summed E-state index contributed by atoms with van der Waals surface area (Å²) >= 11 is 0. The summed E-state index contributed by atoms with van der Waals surface area (Å²) in [6.45, 7) is 8.05. The molecule has 4 rings (SSSR count). The van der Waals surface area contributed by atoms with E-state index in [9.17, 15) is 8.78 Å². The van der Waals surface area contributed by atoms with Gasteiger partial charge in [0.25, 0.3) is 0 Å². The topological polar surface area (TPSA) is 9.23 Å². The minimum atomic E-state index is -0.976. The molecule has 0 saturated carbocycles. The predicted octanol–water partition coefficient (Wildman–Crippen LogP) is 9.43. The van der Waals surface area contributed by atoms with E-state index in [2.05, 4.69) is 38.1 Å². The normalized spacial score (nSPS) is 12.8. The van der Waals surface area contributed by atoms with E-state index in [0.717, 1.165) is 35.1 Å². The molecule has 4 aromatic carbocycles. The quantitative estimate of drug-likeness (QED) is 0.221. The largest absolute Gasteiger partial charge is 0.491 e. The SMILES string of the molecule is CCCc1ccc(C(C)c2ccc(-c3ccc(C(C)c4ccc(OCC)c(F)c4F)cc3)c(F)c2)cc1. The smallest absolute Gasteiger partial charge is 0.200 e. The second-order valence-electron chi connectivity index (χ2n) is 9.51. The number of ether oxygens (including phenoxy) is 1. The minimum Gasteiger partial charge on any atom is -0.491 e. The standard InChI is InChI=1S/C33H33F3O/c1-5-7-23-8-10-24(11-9-23)21(3)27-16-17-29(30(34)20-27)26-14-12-25(13-15-26)22(4)28-18-19-31(37-6-2)33(36)32(28)35/h8-22H,5-7H2,1-4H3. The fraction of sp³-hybridized carbons (Fsp3) is 0.273. The third-order valence-corrected chi connectivity index (χ3v) is 7.08. The Kier molecular flexibility index (Phi) is 8.38. The van der Waals surface area contributed by atoms with Crippen LogP contribution in [0.4, 0.5) is 13.2 Å². The van der Waals surface area contributed by atoms with Crippen molar-refractivity contribution in [2.45, 2.75) is 52.4 Å². The molecule has 0 bridgehead atoms. The number of aryl methyl sites for hydroxylation is 1. The number of hydrogen-bond donors (Lipinski definition) is 0. The summed E-state index contributed by atoms with van der Waals surface area (Å²) in [5.74, 6) is -2.56. The number of hydrogen-bond acceptors (Lipinski definition) is 1. The van der Waals surface area contributed by atoms with Gasteiger partial charge in [-0.1, -0.05) is 93.9 Å². The van der Waals surface area contributed by atoms with Crippen molar-refractivity contribution in [2.24, 2.45) is 0 Å². The summed E-state index contributed by atoms with van der Waals surface area (Å²) in [7, 11) is 0. The van der Waals surface area contributed by atoms with E-state index in [1.54, 1.807) is 19.1 Å². The Morgan fingerprint density at radius 3 is 1.92 bits per heavy atom. The average molecular weight is 503 g/mol. The molecule has 0 aliphatic carbocycles. The highest BCUT2D eigenvalue weighted by atomic mass is 19.2. The lowest BCUT2D eigenvalue weighted by molar-refractivity contribution is 0.313. The summed E-state index contributed by atoms with van der Waals surface area (Å²) < 4.78 is 49.4. The van der Waals surface area contributed by atoms with Crippen LogP contribution in [0.15, 0.2) is 78.9 Å². The molecule has 192 valence electrons. The van der Waals surface area contributed by atoms with Crippen molar-refractivity contribution in [3.05, 3.63) is 124 Å². The van der Waals surface area contributed by atoms with Crippen LogP contribution in [-0.4, -0.2) is 6.61 Å². The van der Waals surface area contributed by atoms with Crippen molar-refractivity contribution in [2.75, 3.05) is 6.61 Å². The van der Waals surface area contributed by atoms with Crippen LogP contribution in [0, 0.1) is 17.5 Å². The van der Waals surface area contributed by atoms with Gasteiger partial charge in [0.05, 0.1) is 6.61 Å². The highest BCUT2D eigenvalue weighted by Gasteiger charge is 2.20. The molecule has 0 aliphatic rings. The molecule has 0 amide bonds. The van der Waals surface area contributed by atoms with Gasteiger partial charge in [-0.25, -0.2) is 8.78 Å². The number of halogens is 3. The maximum atomic E-state index is 15.2. The van der Waals surface area contributed by atoms with Crippen LogP contribution in [0.1, 0.15) is 73.8 Å².